The number of aromatic nitrogens is 3. The van der Waals surface area contributed by atoms with Crippen LogP contribution in [0.4, 0.5) is 8.78 Å². The molecule has 3 aromatic rings. The molecule has 0 bridgehead atoms. The molecule has 0 aliphatic rings. The van der Waals surface area contributed by atoms with Crippen molar-refractivity contribution in [2.24, 2.45) is 0 Å². The summed E-state index contributed by atoms with van der Waals surface area (Å²) in [5, 5.41) is 4.14. The van der Waals surface area contributed by atoms with Gasteiger partial charge in [-0.05, 0) is 30.3 Å². The number of hydrogen-bond donors (Lipinski definition) is 0. The van der Waals surface area contributed by atoms with Gasteiger partial charge in [0.2, 0.25) is 0 Å². The SMILES string of the molecule is COC(=O)c1cccc2nc(-c3ccc(F)c(F)c3)nn12. The van der Waals surface area contributed by atoms with Crippen molar-refractivity contribution in [2.45, 2.75) is 0 Å². The van der Waals surface area contributed by atoms with E-state index < -0.39 is 17.6 Å². The van der Waals surface area contributed by atoms with Crippen LogP contribution >= 0.6 is 0 Å². The molecule has 0 amide bonds. The second kappa shape index (κ2) is 4.93. The smallest absolute Gasteiger partial charge is 0.356 e. The maximum absolute atomic E-state index is 13.3. The standard InChI is InChI=1S/C14H9F2N3O2/c1-21-14(20)11-3-2-4-12-17-13(18-19(11)12)8-5-6-9(15)10(16)7-8/h2-7H,1H3. The number of fused-ring (bicyclic) bond motifs is 1. The number of rotatable bonds is 2. The molecule has 0 saturated heterocycles. The molecule has 2 aromatic heterocycles. The van der Waals surface area contributed by atoms with Crippen LogP contribution in [0.25, 0.3) is 17.0 Å². The molecule has 21 heavy (non-hydrogen) atoms. The van der Waals surface area contributed by atoms with Gasteiger partial charge in [-0.2, -0.15) is 0 Å². The fraction of sp³-hybridized carbons (Fsp3) is 0.0714. The van der Waals surface area contributed by atoms with E-state index in [1.54, 1.807) is 12.1 Å². The van der Waals surface area contributed by atoms with Crippen molar-refractivity contribution in [3.8, 4) is 11.4 Å². The van der Waals surface area contributed by atoms with Crippen LogP contribution in [0.1, 0.15) is 10.5 Å². The summed E-state index contributed by atoms with van der Waals surface area (Å²) in [6.07, 6.45) is 0. The second-order valence-corrected chi connectivity index (χ2v) is 4.24. The Bertz CT molecular complexity index is 845. The molecule has 0 N–H and O–H groups in total. The van der Waals surface area contributed by atoms with E-state index in [1.807, 2.05) is 0 Å². The van der Waals surface area contributed by atoms with Crippen molar-refractivity contribution < 1.29 is 18.3 Å². The molecule has 0 aliphatic heterocycles. The molecule has 0 saturated carbocycles. The number of pyridine rings is 1. The Morgan fingerprint density at radius 1 is 1.19 bits per heavy atom. The average molecular weight is 289 g/mol. The zero-order valence-electron chi connectivity index (χ0n) is 10.9. The molecule has 5 nitrogen and oxygen atoms in total. The molecule has 0 fully saturated rings. The van der Waals surface area contributed by atoms with Crippen LogP contribution in [0.3, 0.4) is 0 Å². The quantitative estimate of drug-likeness (QED) is 0.680. The lowest BCUT2D eigenvalue weighted by atomic mass is 10.2. The Labute approximate surface area is 117 Å². The predicted octanol–water partition coefficient (Wildman–Crippen LogP) is 2.46. The molecule has 3 rings (SSSR count). The van der Waals surface area contributed by atoms with E-state index in [-0.39, 0.29) is 11.5 Å². The Hall–Kier alpha value is -2.83. The third kappa shape index (κ3) is 2.22. The third-order valence-corrected chi connectivity index (χ3v) is 2.93. The van der Waals surface area contributed by atoms with Gasteiger partial charge in [0.1, 0.15) is 0 Å². The fourth-order valence-electron chi connectivity index (χ4n) is 1.92. The molecule has 7 heteroatoms. The number of methoxy groups -OCH3 is 1. The lowest BCUT2D eigenvalue weighted by Gasteiger charge is -2.00. The highest BCUT2D eigenvalue weighted by molar-refractivity contribution is 5.88. The minimum Gasteiger partial charge on any atom is -0.464 e. The van der Waals surface area contributed by atoms with E-state index >= 15 is 0 Å². The van der Waals surface area contributed by atoms with Crippen molar-refractivity contribution in [3.63, 3.8) is 0 Å². The number of carbonyl (C=O) groups is 1. The highest BCUT2D eigenvalue weighted by Gasteiger charge is 2.15. The van der Waals surface area contributed by atoms with Gasteiger partial charge in [-0.1, -0.05) is 6.07 Å². The van der Waals surface area contributed by atoms with Crippen molar-refractivity contribution in [1.82, 2.24) is 14.6 Å². The van der Waals surface area contributed by atoms with Gasteiger partial charge in [0, 0.05) is 5.56 Å². The van der Waals surface area contributed by atoms with Gasteiger partial charge in [0.05, 0.1) is 7.11 Å². The van der Waals surface area contributed by atoms with Crippen LogP contribution in [0.15, 0.2) is 36.4 Å². The van der Waals surface area contributed by atoms with Gasteiger partial charge >= 0.3 is 5.97 Å². The first-order valence-corrected chi connectivity index (χ1v) is 5.99. The summed E-state index contributed by atoms with van der Waals surface area (Å²) in [5.41, 5.74) is 0.905. The number of halogens is 2. The average Bonchev–Trinajstić information content (AvgIpc) is 2.93. The van der Waals surface area contributed by atoms with Crippen LogP contribution in [0.2, 0.25) is 0 Å². The lowest BCUT2D eigenvalue weighted by Crippen LogP contribution is -2.08. The minimum atomic E-state index is -0.987. The van der Waals surface area contributed by atoms with Gasteiger partial charge < -0.3 is 4.74 Å². The normalized spacial score (nSPS) is 10.8. The van der Waals surface area contributed by atoms with Crippen molar-refractivity contribution in [3.05, 3.63) is 53.7 Å². The van der Waals surface area contributed by atoms with Crippen LogP contribution in [0.5, 0.6) is 0 Å². The van der Waals surface area contributed by atoms with Crippen molar-refractivity contribution in [2.75, 3.05) is 7.11 Å². The van der Waals surface area contributed by atoms with E-state index in [9.17, 15) is 13.6 Å². The number of esters is 1. The summed E-state index contributed by atoms with van der Waals surface area (Å²) in [7, 11) is 1.26. The number of nitrogens with zero attached hydrogens (tertiary/aromatic N) is 3. The maximum Gasteiger partial charge on any atom is 0.356 e. The monoisotopic (exact) mass is 289 g/mol. The number of carbonyl (C=O) groups excluding carboxylic acids is 1. The molecule has 0 aliphatic carbocycles. The number of benzene rings is 1. The molecule has 2 heterocycles. The molecule has 106 valence electrons. The van der Waals surface area contributed by atoms with E-state index in [1.165, 1.54) is 23.8 Å². The molecular weight excluding hydrogens is 280 g/mol. The predicted molar refractivity (Wildman–Crippen MR) is 69.7 cm³/mol. The topological polar surface area (TPSA) is 56.5 Å². The summed E-state index contributed by atoms with van der Waals surface area (Å²) < 4.78 is 32.2. The molecule has 0 unspecified atom stereocenters. The van der Waals surface area contributed by atoms with E-state index in [0.29, 0.717) is 11.2 Å². The molecule has 0 atom stereocenters. The van der Waals surface area contributed by atoms with E-state index in [0.717, 1.165) is 12.1 Å². The number of hydrogen-bond acceptors (Lipinski definition) is 4. The van der Waals surface area contributed by atoms with Crippen LogP contribution in [-0.4, -0.2) is 27.7 Å². The molecule has 0 radical (unpaired) electrons. The minimum absolute atomic E-state index is 0.185. The first-order chi connectivity index (χ1) is 10.1. The van der Waals surface area contributed by atoms with Gasteiger partial charge in [0.15, 0.2) is 28.8 Å². The molecule has 0 spiro atoms. The van der Waals surface area contributed by atoms with Crippen molar-refractivity contribution in [1.29, 1.82) is 0 Å². The van der Waals surface area contributed by atoms with Gasteiger partial charge in [-0.3, -0.25) is 0 Å². The van der Waals surface area contributed by atoms with E-state index in [4.69, 9.17) is 0 Å². The summed E-state index contributed by atoms with van der Waals surface area (Å²) in [6, 6.07) is 8.17. The summed E-state index contributed by atoms with van der Waals surface area (Å²) in [4.78, 5) is 15.8. The van der Waals surface area contributed by atoms with Crippen LogP contribution in [-0.2, 0) is 4.74 Å². The maximum atomic E-state index is 13.3. The Morgan fingerprint density at radius 3 is 2.71 bits per heavy atom. The molecular formula is C14H9F2N3O2. The lowest BCUT2D eigenvalue weighted by molar-refractivity contribution is 0.0591. The zero-order valence-corrected chi connectivity index (χ0v) is 10.9. The second-order valence-electron chi connectivity index (χ2n) is 4.24. The Balaban J connectivity index is 2.17. The first-order valence-electron chi connectivity index (χ1n) is 5.99. The highest BCUT2D eigenvalue weighted by Crippen LogP contribution is 2.19. The molecule has 1 aromatic carbocycles. The zero-order chi connectivity index (χ0) is 15.0. The highest BCUT2D eigenvalue weighted by atomic mass is 19.2. The fourth-order valence-corrected chi connectivity index (χ4v) is 1.92. The Kier molecular flexibility index (Phi) is 3.09. The van der Waals surface area contributed by atoms with Gasteiger partial charge in [-0.25, -0.2) is 23.1 Å². The van der Waals surface area contributed by atoms with Gasteiger partial charge in [0.25, 0.3) is 0 Å². The first kappa shape index (κ1) is 13.2. The summed E-state index contributed by atoms with van der Waals surface area (Å²) >= 11 is 0. The number of ether oxygens (including phenoxy) is 1. The largest absolute Gasteiger partial charge is 0.464 e. The Morgan fingerprint density at radius 2 is 2.00 bits per heavy atom. The summed E-state index contributed by atoms with van der Waals surface area (Å²) in [5.74, 6) is -2.31. The van der Waals surface area contributed by atoms with Crippen LogP contribution < -0.4 is 0 Å². The van der Waals surface area contributed by atoms with Crippen LogP contribution in [0, 0.1) is 11.6 Å². The summed E-state index contributed by atoms with van der Waals surface area (Å²) in [6.45, 7) is 0. The van der Waals surface area contributed by atoms with Gasteiger partial charge in [-0.15, -0.1) is 5.10 Å². The van der Waals surface area contributed by atoms with E-state index in [2.05, 4.69) is 14.8 Å². The third-order valence-electron chi connectivity index (χ3n) is 2.93. The van der Waals surface area contributed by atoms with Crippen molar-refractivity contribution >= 4 is 11.6 Å².